The number of nitriles is 1. The van der Waals surface area contributed by atoms with E-state index in [0.29, 0.717) is 28.6 Å². The lowest BCUT2D eigenvalue weighted by Gasteiger charge is -2.42. The van der Waals surface area contributed by atoms with Crippen molar-refractivity contribution in [2.45, 2.75) is 57.2 Å². The lowest BCUT2D eigenvalue weighted by Crippen LogP contribution is -2.52. The van der Waals surface area contributed by atoms with Crippen LogP contribution in [0.2, 0.25) is 0 Å². The summed E-state index contributed by atoms with van der Waals surface area (Å²) in [5.74, 6) is 0.320. The minimum absolute atomic E-state index is 0.0411. The molecule has 2 aromatic heterocycles. The van der Waals surface area contributed by atoms with Crippen LogP contribution in [0.1, 0.15) is 60.3 Å². The number of piperidine rings is 1. The van der Waals surface area contributed by atoms with Gasteiger partial charge in [0.2, 0.25) is 5.82 Å². The predicted molar refractivity (Wildman–Crippen MR) is 157 cm³/mol. The van der Waals surface area contributed by atoms with E-state index in [4.69, 9.17) is 0 Å². The topological polar surface area (TPSA) is 109 Å². The van der Waals surface area contributed by atoms with Gasteiger partial charge in [0.15, 0.2) is 17.0 Å². The van der Waals surface area contributed by atoms with Crippen LogP contribution >= 0.6 is 0 Å². The molecule has 0 spiro atoms. The van der Waals surface area contributed by atoms with Crippen LogP contribution in [0, 0.1) is 11.3 Å². The highest BCUT2D eigenvalue weighted by Crippen LogP contribution is 2.28. The van der Waals surface area contributed by atoms with Gasteiger partial charge in [0.1, 0.15) is 6.07 Å². The van der Waals surface area contributed by atoms with Crippen LogP contribution in [0.5, 0.6) is 0 Å². The molecule has 0 radical (unpaired) electrons. The SMILES string of the molecule is CN1CCN(C2CCN(Cc3ccc(C(=O)N(Nc4nc(C#N)nc5c4ncn5C)C4CCCC4)cc3)CC2)CC1. The van der Waals surface area contributed by atoms with E-state index in [1.54, 1.807) is 15.9 Å². The van der Waals surface area contributed by atoms with E-state index in [-0.39, 0.29) is 17.8 Å². The van der Waals surface area contributed by atoms with Gasteiger partial charge in [0, 0.05) is 51.4 Å². The highest BCUT2D eigenvalue weighted by Gasteiger charge is 2.30. The molecule has 11 heteroatoms. The van der Waals surface area contributed by atoms with Crippen molar-refractivity contribution in [3.63, 3.8) is 0 Å². The van der Waals surface area contributed by atoms with Gasteiger partial charge < -0.3 is 9.47 Å². The zero-order valence-corrected chi connectivity index (χ0v) is 24.2. The number of hydrogen-bond donors (Lipinski definition) is 1. The number of hydrazine groups is 1. The molecule has 0 unspecified atom stereocenters. The molecule has 6 rings (SSSR count). The number of carbonyl (C=O) groups is 1. The van der Waals surface area contributed by atoms with E-state index in [1.165, 1.54) is 44.6 Å². The number of rotatable bonds is 7. The first-order valence-corrected chi connectivity index (χ1v) is 14.9. The molecule has 41 heavy (non-hydrogen) atoms. The number of likely N-dealkylation sites (N-methyl/N-ethyl adjacent to an activating group) is 1. The van der Waals surface area contributed by atoms with Crippen LogP contribution in [0.25, 0.3) is 11.2 Å². The number of benzene rings is 1. The fourth-order valence-electron chi connectivity index (χ4n) is 6.50. The number of aromatic nitrogens is 4. The highest BCUT2D eigenvalue weighted by atomic mass is 16.2. The molecule has 1 N–H and O–H groups in total. The smallest absolute Gasteiger partial charge is 0.272 e. The van der Waals surface area contributed by atoms with Crippen molar-refractivity contribution in [1.82, 2.24) is 39.2 Å². The van der Waals surface area contributed by atoms with Gasteiger partial charge in [-0.15, -0.1) is 0 Å². The molecule has 0 bridgehead atoms. The van der Waals surface area contributed by atoms with E-state index in [2.05, 4.69) is 54.3 Å². The lowest BCUT2D eigenvalue weighted by atomic mass is 10.0. The molecule has 1 saturated carbocycles. The number of aryl methyl sites for hydroxylation is 1. The summed E-state index contributed by atoms with van der Waals surface area (Å²) in [7, 11) is 4.04. The van der Waals surface area contributed by atoms with Gasteiger partial charge in [-0.05, 0) is 63.5 Å². The first-order chi connectivity index (χ1) is 20.0. The second-order valence-electron chi connectivity index (χ2n) is 11.8. The Labute approximate surface area is 241 Å². The largest absolute Gasteiger partial charge is 0.318 e. The first kappa shape index (κ1) is 27.6. The number of carbonyl (C=O) groups excluding carboxylic acids is 1. The fraction of sp³-hybridized carbons (Fsp3) is 0.567. The Morgan fingerprint density at radius 3 is 2.39 bits per heavy atom. The second-order valence-corrected chi connectivity index (χ2v) is 11.8. The minimum atomic E-state index is -0.0994. The summed E-state index contributed by atoms with van der Waals surface area (Å²) < 4.78 is 1.75. The molecule has 216 valence electrons. The summed E-state index contributed by atoms with van der Waals surface area (Å²) in [4.78, 5) is 34.6. The summed E-state index contributed by atoms with van der Waals surface area (Å²) in [6, 6.07) is 10.8. The van der Waals surface area contributed by atoms with Gasteiger partial charge in [0.05, 0.1) is 12.4 Å². The standard InChI is InChI=1S/C30H40N10O/c1-36-15-17-39(18-16-36)24-11-13-38(14-12-24)20-22-7-9-23(10-8-22)30(41)40(25-5-3-4-6-25)35-28-27-29(37(2)21-32-27)34-26(19-31)33-28/h7-10,21,24-25H,3-6,11-18,20H2,1-2H3,(H,33,34,35). The van der Waals surface area contributed by atoms with Crippen LogP contribution in [0.15, 0.2) is 30.6 Å². The summed E-state index contributed by atoms with van der Waals surface area (Å²) >= 11 is 0. The number of nitrogens with zero attached hydrogens (tertiary/aromatic N) is 9. The van der Waals surface area contributed by atoms with Crippen LogP contribution < -0.4 is 5.43 Å². The maximum Gasteiger partial charge on any atom is 0.272 e. The van der Waals surface area contributed by atoms with Gasteiger partial charge in [0.25, 0.3) is 5.91 Å². The number of likely N-dealkylation sites (tertiary alicyclic amines) is 1. The molecule has 3 aromatic rings. The molecule has 4 heterocycles. The van der Waals surface area contributed by atoms with Crippen molar-refractivity contribution in [2.24, 2.45) is 7.05 Å². The molecule has 2 aliphatic heterocycles. The molecule has 2 saturated heterocycles. The van der Waals surface area contributed by atoms with Gasteiger partial charge in [-0.3, -0.25) is 20.0 Å². The number of amides is 1. The van der Waals surface area contributed by atoms with Crippen molar-refractivity contribution in [3.05, 3.63) is 47.5 Å². The van der Waals surface area contributed by atoms with Crippen LogP contribution in [-0.2, 0) is 13.6 Å². The van der Waals surface area contributed by atoms with Crippen molar-refractivity contribution >= 4 is 22.9 Å². The van der Waals surface area contributed by atoms with Crippen LogP contribution in [-0.4, -0.2) is 104 Å². The maximum atomic E-state index is 13.9. The van der Waals surface area contributed by atoms with Crippen molar-refractivity contribution in [2.75, 3.05) is 51.7 Å². The highest BCUT2D eigenvalue weighted by molar-refractivity contribution is 5.96. The van der Waals surface area contributed by atoms with Crippen molar-refractivity contribution in [1.29, 1.82) is 5.26 Å². The number of anilines is 1. The molecule has 11 nitrogen and oxygen atoms in total. The summed E-state index contributed by atoms with van der Waals surface area (Å²) in [5.41, 5.74) is 6.20. The lowest BCUT2D eigenvalue weighted by molar-refractivity contribution is 0.0657. The third-order valence-electron chi connectivity index (χ3n) is 9.01. The first-order valence-electron chi connectivity index (χ1n) is 14.9. The van der Waals surface area contributed by atoms with E-state index in [0.717, 1.165) is 45.3 Å². The molecule has 1 aliphatic carbocycles. The average molecular weight is 557 g/mol. The molecule has 3 fully saturated rings. The third-order valence-corrected chi connectivity index (χ3v) is 9.01. The Morgan fingerprint density at radius 2 is 1.71 bits per heavy atom. The minimum Gasteiger partial charge on any atom is -0.318 e. The van der Waals surface area contributed by atoms with Crippen molar-refractivity contribution in [3.8, 4) is 6.07 Å². The zero-order chi connectivity index (χ0) is 28.3. The zero-order valence-electron chi connectivity index (χ0n) is 24.2. The normalized spacial score (nSPS) is 19.9. The molecule has 3 aliphatic rings. The van der Waals surface area contributed by atoms with E-state index in [1.807, 2.05) is 25.2 Å². The average Bonchev–Trinajstić information content (AvgIpc) is 3.67. The molecular weight excluding hydrogens is 516 g/mol. The maximum absolute atomic E-state index is 13.9. The Balaban J connectivity index is 1.12. The fourth-order valence-corrected chi connectivity index (χ4v) is 6.50. The number of imidazole rings is 1. The predicted octanol–water partition coefficient (Wildman–Crippen LogP) is 2.86. The number of fused-ring (bicyclic) bond motifs is 1. The van der Waals surface area contributed by atoms with Gasteiger partial charge in [-0.2, -0.15) is 15.2 Å². The van der Waals surface area contributed by atoms with Gasteiger partial charge >= 0.3 is 0 Å². The molecule has 0 atom stereocenters. The number of nitrogens with one attached hydrogen (secondary N) is 1. The third kappa shape index (κ3) is 6.05. The summed E-state index contributed by atoms with van der Waals surface area (Å²) in [6.45, 7) is 7.86. The molecular formula is C30H40N10O. The molecule has 1 aromatic carbocycles. The Hall–Kier alpha value is -3.59. The van der Waals surface area contributed by atoms with Crippen molar-refractivity contribution < 1.29 is 4.79 Å². The quantitative estimate of drug-likeness (QED) is 0.439. The monoisotopic (exact) mass is 556 g/mol. The van der Waals surface area contributed by atoms with E-state index >= 15 is 0 Å². The Morgan fingerprint density at radius 1 is 1.00 bits per heavy atom. The van der Waals surface area contributed by atoms with Crippen LogP contribution in [0.3, 0.4) is 0 Å². The number of hydrogen-bond acceptors (Lipinski definition) is 9. The van der Waals surface area contributed by atoms with E-state index < -0.39 is 0 Å². The summed E-state index contributed by atoms with van der Waals surface area (Å²) in [6.07, 6.45) is 8.08. The Kier molecular flexibility index (Phi) is 8.14. The Bertz CT molecular complexity index is 1390. The van der Waals surface area contributed by atoms with Gasteiger partial charge in [-0.25, -0.2) is 9.99 Å². The molecule has 1 amide bonds. The van der Waals surface area contributed by atoms with Gasteiger partial charge in [-0.1, -0.05) is 25.0 Å². The summed E-state index contributed by atoms with van der Waals surface area (Å²) in [5, 5.41) is 11.2. The van der Waals surface area contributed by atoms with E-state index in [9.17, 15) is 10.1 Å². The van der Waals surface area contributed by atoms with Crippen LogP contribution in [0.4, 0.5) is 5.82 Å². The number of piperazine rings is 1. The second kappa shape index (κ2) is 12.1.